The number of carbonyl (C=O) groups excluding carboxylic acids is 1. The van der Waals surface area contributed by atoms with Crippen molar-refractivity contribution in [3.05, 3.63) is 58.6 Å². The molecule has 0 unspecified atom stereocenters. The molecule has 7 nitrogen and oxygen atoms in total. The highest BCUT2D eigenvalue weighted by Crippen LogP contribution is 2.32. The van der Waals surface area contributed by atoms with Crippen LogP contribution in [0.1, 0.15) is 23.2 Å². The Morgan fingerprint density at radius 2 is 1.90 bits per heavy atom. The molecular weight excluding hydrogens is 448 g/mol. The minimum Gasteiger partial charge on any atom is -0.459 e. The number of fused-ring (bicyclic) bond motifs is 2. The first kappa shape index (κ1) is 19.0. The van der Waals surface area contributed by atoms with Gasteiger partial charge in [0.25, 0.3) is 0 Å². The lowest BCUT2D eigenvalue weighted by molar-refractivity contribution is 0.0163. The first-order valence-electron chi connectivity index (χ1n) is 9.73. The van der Waals surface area contributed by atoms with Crippen LogP contribution >= 0.6 is 15.9 Å². The molecule has 0 spiro atoms. The van der Waals surface area contributed by atoms with Crippen LogP contribution in [-0.2, 0) is 9.47 Å². The molecule has 1 aliphatic rings. The standard InChI is InChI=1S/C22H19BrN4O3/c23-13-7-9-14(10-8-13)27-20(24)18(22(28)30-12-15-4-3-11-29-15)19-21(27)26-17-6-2-1-5-16(17)25-19/h1-2,5-10,15H,3-4,11-12,24H2/t15-/m1/s1. The Bertz CT molecular complexity index is 1250. The average molecular weight is 467 g/mol. The van der Waals surface area contributed by atoms with Crippen LogP contribution in [0.15, 0.2) is 53.0 Å². The van der Waals surface area contributed by atoms with Gasteiger partial charge in [0.05, 0.1) is 17.1 Å². The summed E-state index contributed by atoms with van der Waals surface area (Å²) < 4.78 is 13.8. The van der Waals surface area contributed by atoms with Crippen LogP contribution < -0.4 is 5.73 Å². The third-order valence-electron chi connectivity index (χ3n) is 5.21. The van der Waals surface area contributed by atoms with E-state index in [0.717, 1.165) is 28.5 Å². The second-order valence-corrected chi connectivity index (χ2v) is 8.11. The maximum absolute atomic E-state index is 13.0. The molecule has 1 fully saturated rings. The van der Waals surface area contributed by atoms with Gasteiger partial charge >= 0.3 is 5.97 Å². The summed E-state index contributed by atoms with van der Waals surface area (Å²) in [4.78, 5) is 22.5. The number of anilines is 1. The number of nitrogens with two attached hydrogens (primary N) is 1. The van der Waals surface area contributed by atoms with Gasteiger partial charge in [-0.15, -0.1) is 0 Å². The lowest BCUT2D eigenvalue weighted by atomic mass is 10.2. The highest BCUT2D eigenvalue weighted by Gasteiger charge is 2.27. The van der Waals surface area contributed by atoms with Gasteiger partial charge in [0.1, 0.15) is 23.5 Å². The minimum atomic E-state index is -0.520. The average Bonchev–Trinajstić information content (AvgIpc) is 3.37. The van der Waals surface area contributed by atoms with Crippen LogP contribution in [0.4, 0.5) is 5.82 Å². The van der Waals surface area contributed by atoms with Crippen LogP contribution in [0.5, 0.6) is 0 Å². The number of hydrogen-bond donors (Lipinski definition) is 1. The summed E-state index contributed by atoms with van der Waals surface area (Å²) in [6.45, 7) is 0.898. The van der Waals surface area contributed by atoms with E-state index in [1.54, 1.807) is 4.57 Å². The van der Waals surface area contributed by atoms with Crippen molar-refractivity contribution >= 4 is 49.9 Å². The molecule has 8 heteroatoms. The van der Waals surface area contributed by atoms with E-state index in [1.165, 1.54) is 0 Å². The van der Waals surface area contributed by atoms with E-state index in [0.29, 0.717) is 23.3 Å². The second kappa shape index (κ2) is 7.70. The number of rotatable bonds is 4. The zero-order valence-electron chi connectivity index (χ0n) is 16.0. The zero-order valence-corrected chi connectivity index (χ0v) is 17.6. The summed E-state index contributed by atoms with van der Waals surface area (Å²) in [5, 5.41) is 0. The number of halogens is 1. The topological polar surface area (TPSA) is 92.3 Å². The summed E-state index contributed by atoms with van der Waals surface area (Å²) in [6.07, 6.45) is 1.79. The van der Waals surface area contributed by atoms with Crippen molar-refractivity contribution in [3.63, 3.8) is 0 Å². The van der Waals surface area contributed by atoms with Crippen LogP contribution in [0.2, 0.25) is 0 Å². The number of aromatic nitrogens is 3. The van der Waals surface area contributed by atoms with Gasteiger partial charge < -0.3 is 15.2 Å². The third kappa shape index (κ3) is 3.32. The molecule has 0 aliphatic carbocycles. The van der Waals surface area contributed by atoms with Crippen LogP contribution in [-0.4, -0.2) is 39.8 Å². The second-order valence-electron chi connectivity index (χ2n) is 7.19. The molecular formula is C22H19BrN4O3. The molecule has 2 N–H and O–H groups in total. The molecule has 30 heavy (non-hydrogen) atoms. The van der Waals surface area contributed by atoms with Crippen molar-refractivity contribution in [1.29, 1.82) is 0 Å². The van der Waals surface area contributed by atoms with E-state index in [4.69, 9.17) is 25.2 Å². The van der Waals surface area contributed by atoms with E-state index < -0.39 is 5.97 Å². The van der Waals surface area contributed by atoms with Crippen molar-refractivity contribution in [2.45, 2.75) is 18.9 Å². The number of para-hydroxylation sites is 2. The minimum absolute atomic E-state index is 0.0677. The number of benzene rings is 2. The number of hydrogen-bond acceptors (Lipinski definition) is 6. The maximum Gasteiger partial charge on any atom is 0.344 e. The van der Waals surface area contributed by atoms with Crippen molar-refractivity contribution in [1.82, 2.24) is 14.5 Å². The molecule has 0 saturated carbocycles. The molecule has 4 aromatic rings. The van der Waals surface area contributed by atoms with Gasteiger partial charge in [-0.2, -0.15) is 0 Å². The number of esters is 1. The Balaban J connectivity index is 1.66. The monoisotopic (exact) mass is 466 g/mol. The maximum atomic E-state index is 13.0. The third-order valence-corrected chi connectivity index (χ3v) is 5.74. The lowest BCUT2D eigenvalue weighted by Gasteiger charge is -2.10. The number of nitrogen functional groups attached to an aromatic ring is 1. The quantitative estimate of drug-likeness (QED) is 0.451. The van der Waals surface area contributed by atoms with Gasteiger partial charge in [-0.3, -0.25) is 4.57 Å². The zero-order chi connectivity index (χ0) is 20.7. The molecule has 0 amide bonds. The summed E-state index contributed by atoms with van der Waals surface area (Å²) >= 11 is 3.45. The van der Waals surface area contributed by atoms with Gasteiger partial charge in [-0.05, 0) is 49.2 Å². The summed E-state index contributed by atoms with van der Waals surface area (Å²) in [5.74, 6) is -0.270. The van der Waals surface area contributed by atoms with Gasteiger partial charge in [-0.1, -0.05) is 28.1 Å². The molecule has 1 aliphatic heterocycles. The predicted octanol–water partition coefficient (Wildman–Crippen LogP) is 4.25. The van der Waals surface area contributed by atoms with Crippen molar-refractivity contribution in [2.75, 3.05) is 18.9 Å². The van der Waals surface area contributed by atoms with E-state index in [1.807, 2.05) is 48.5 Å². The predicted molar refractivity (Wildman–Crippen MR) is 118 cm³/mol. The first-order valence-corrected chi connectivity index (χ1v) is 10.5. The highest BCUT2D eigenvalue weighted by molar-refractivity contribution is 9.10. The van der Waals surface area contributed by atoms with Crippen LogP contribution in [0.25, 0.3) is 27.9 Å². The highest BCUT2D eigenvalue weighted by atomic mass is 79.9. The Labute approximate surface area is 180 Å². The summed E-state index contributed by atoms with van der Waals surface area (Å²) in [6, 6.07) is 15.1. The van der Waals surface area contributed by atoms with Gasteiger partial charge in [-0.25, -0.2) is 14.8 Å². The molecule has 2 aromatic carbocycles. The molecule has 3 heterocycles. The lowest BCUT2D eigenvalue weighted by Crippen LogP contribution is -2.18. The number of carbonyl (C=O) groups is 1. The van der Waals surface area contributed by atoms with Crippen molar-refractivity contribution < 1.29 is 14.3 Å². The largest absolute Gasteiger partial charge is 0.459 e. The molecule has 5 rings (SSSR count). The van der Waals surface area contributed by atoms with Crippen molar-refractivity contribution in [2.24, 2.45) is 0 Å². The van der Waals surface area contributed by atoms with Gasteiger partial charge in [0, 0.05) is 16.8 Å². The summed E-state index contributed by atoms with van der Waals surface area (Å²) in [7, 11) is 0. The molecule has 1 saturated heterocycles. The first-order chi connectivity index (χ1) is 14.6. The number of nitrogens with zero attached hydrogens (tertiary/aromatic N) is 3. The Morgan fingerprint density at radius 3 is 2.60 bits per heavy atom. The normalized spacial score (nSPS) is 16.4. The molecule has 0 bridgehead atoms. The van der Waals surface area contributed by atoms with Gasteiger partial charge in [0.2, 0.25) is 0 Å². The Hall–Kier alpha value is -2.97. The van der Waals surface area contributed by atoms with E-state index in [-0.39, 0.29) is 24.1 Å². The Kier molecular flexibility index (Phi) is 4.88. The molecule has 1 atom stereocenters. The van der Waals surface area contributed by atoms with Crippen LogP contribution in [0, 0.1) is 0 Å². The van der Waals surface area contributed by atoms with Gasteiger partial charge in [0.15, 0.2) is 5.65 Å². The number of ether oxygens (including phenoxy) is 2. The van der Waals surface area contributed by atoms with E-state index in [2.05, 4.69) is 15.9 Å². The SMILES string of the molecule is Nc1c(C(=O)OC[C@H]2CCCO2)c2nc3ccccc3nc2n1-c1ccc(Br)cc1. The molecule has 2 aromatic heterocycles. The van der Waals surface area contributed by atoms with Crippen molar-refractivity contribution in [3.8, 4) is 5.69 Å². The molecule has 152 valence electrons. The van der Waals surface area contributed by atoms with E-state index in [9.17, 15) is 4.79 Å². The fourth-order valence-corrected chi connectivity index (χ4v) is 4.00. The fourth-order valence-electron chi connectivity index (χ4n) is 3.73. The smallest absolute Gasteiger partial charge is 0.344 e. The van der Waals surface area contributed by atoms with Crippen LogP contribution in [0.3, 0.4) is 0 Å². The molecule has 0 radical (unpaired) electrons. The Morgan fingerprint density at radius 1 is 1.17 bits per heavy atom. The van der Waals surface area contributed by atoms with E-state index >= 15 is 0 Å². The summed E-state index contributed by atoms with van der Waals surface area (Å²) in [5.41, 5.74) is 9.82. The fraction of sp³-hybridized carbons (Fsp3) is 0.227.